The Morgan fingerprint density at radius 1 is 1.55 bits per heavy atom. The minimum Gasteiger partial charge on any atom is -0.390 e. The number of aliphatic hydroxyl groups excluding tert-OH is 1. The normalized spacial score (nSPS) is 10.8. The summed E-state index contributed by atoms with van der Waals surface area (Å²) in [5.41, 5.74) is 1.06. The minimum atomic E-state index is -0.578. The summed E-state index contributed by atoms with van der Waals surface area (Å²) in [6.45, 7) is -0.131. The number of aliphatic hydroxyl groups is 1. The van der Waals surface area contributed by atoms with Gasteiger partial charge in [-0.1, -0.05) is 16.8 Å². The van der Waals surface area contributed by atoms with Crippen LogP contribution in [0, 0.1) is 10.1 Å². The van der Waals surface area contributed by atoms with Crippen LogP contribution in [-0.2, 0) is 18.0 Å². The molecule has 1 heterocycles. The van der Waals surface area contributed by atoms with Crippen LogP contribution < -0.4 is 0 Å². The Kier molecular flexibility index (Phi) is 4.28. The molecule has 0 aliphatic heterocycles. The van der Waals surface area contributed by atoms with Crippen LogP contribution in [0.2, 0.25) is 5.02 Å². The molecule has 0 aliphatic rings. The summed E-state index contributed by atoms with van der Waals surface area (Å²) < 4.78 is 6.39. The molecule has 9 heteroatoms. The van der Waals surface area contributed by atoms with Crippen LogP contribution in [0.4, 0.5) is 5.69 Å². The Morgan fingerprint density at radius 3 is 2.90 bits per heavy atom. The van der Waals surface area contributed by atoms with Gasteiger partial charge in [0.05, 0.1) is 29.5 Å². The molecular formula is C11H11ClN4O4. The van der Waals surface area contributed by atoms with Crippen LogP contribution in [-0.4, -0.2) is 32.1 Å². The van der Waals surface area contributed by atoms with Crippen LogP contribution in [0.5, 0.6) is 0 Å². The molecule has 8 nitrogen and oxygen atoms in total. The molecular weight excluding hydrogens is 288 g/mol. The first-order valence-corrected chi connectivity index (χ1v) is 5.93. The lowest BCUT2D eigenvalue weighted by atomic mass is 10.2. The first-order valence-electron chi connectivity index (χ1n) is 5.56. The SMILES string of the molecule is COCc1c(CO)nnn1-c1ccc(Cl)c([N+](=O)[O-])c1. The molecule has 0 saturated heterocycles. The fraction of sp³-hybridized carbons (Fsp3) is 0.273. The highest BCUT2D eigenvalue weighted by atomic mass is 35.5. The number of nitro benzene ring substituents is 1. The molecule has 2 aromatic rings. The maximum Gasteiger partial charge on any atom is 0.290 e. The molecule has 0 radical (unpaired) electrons. The molecule has 0 atom stereocenters. The third kappa shape index (κ3) is 2.62. The van der Waals surface area contributed by atoms with Gasteiger partial charge in [-0.3, -0.25) is 10.1 Å². The van der Waals surface area contributed by atoms with Gasteiger partial charge in [-0.15, -0.1) is 5.10 Å². The zero-order valence-corrected chi connectivity index (χ0v) is 11.2. The van der Waals surface area contributed by atoms with Crippen LogP contribution in [0.15, 0.2) is 18.2 Å². The van der Waals surface area contributed by atoms with Gasteiger partial charge in [-0.2, -0.15) is 0 Å². The van der Waals surface area contributed by atoms with E-state index in [2.05, 4.69) is 10.3 Å². The summed E-state index contributed by atoms with van der Waals surface area (Å²) in [6, 6.07) is 4.27. The number of benzene rings is 1. The van der Waals surface area contributed by atoms with E-state index < -0.39 is 4.92 Å². The van der Waals surface area contributed by atoms with Gasteiger partial charge < -0.3 is 9.84 Å². The van der Waals surface area contributed by atoms with E-state index in [0.717, 1.165) is 0 Å². The summed E-state index contributed by atoms with van der Waals surface area (Å²) in [7, 11) is 1.49. The van der Waals surface area contributed by atoms with Gasteiger partial charge in [-0.05, 0) is 12.1 Å². The molecule has 2 rings (SSSR count). The molecule has 1 aromatic carbocycles. The number of methoxy groups -OCH3 is 1. The van der Waals surface area contributed by atoms with Crippen LogP contribution in [0.1, 0.15) is 11.4 Å². The fourth-order valence-electron chi connectivity index (χ4n) is 1.72. The van der Waals surface area contributed by atoms with Gasteiger partial charge in [0.2, 0.25) is 0 Å². The van der Waals surface area contributed by atoms with E-state index >= 15 is 0 Å². The average molecular weight is 299 g/mol. The van der Waals surface area contributed by atoms with Crippen LogP contribution in [0.3, 0.4) is 0 Å². The van der Waals surface area contributed by atoms with Crippen molar-refractivity contribution >= 4 is 17.3 Å². The average Bonchev–Trinajstić information content (AvgIpc) is 2.82. The summed E-state index contributed by atoms with van der Waals surface area (Å²) >= 11 is 5.76. The van der Waals surface area contributed by atoms with E-state index in [9.17, 15) is 15.2 Å². The molecule has 0 fully saturated rings. The number of ether oxygens (including phenoxy) is 1. The Balaban J connectivity index is 2.54. The van der Waals surface area contributed by atoms with Gasteiger partial charge in [0.25, 0.3) is 5.69 Å². The lowest BCUT2D eigenvalue weighted by Gasteiger charge is -2.07. The smallest absolute Gasteiger partial charge is 0.290 e. The Bertz CT molecular complexity index is 643. The number of hydrogen-bond donors (Lipinski definition) is 1. The van der Waals surface area contributed by atoms with Gasteiger partial charge in [0, 0.05) is 13.2 Å². The number of nitrogens with zero attached hydrogens (tertiary/aromatic N) is 4. The number of nitro groups is 1. The molecule has 106 valence electrons. The molecule has 1 N–H and O–H groups in total. The molecule has 0 bridgehead atoms. The maximum absolute atomic E-state index is 10.9. The Labute approximate surface area is 118 Å². The van der Waals surface area contributed by atoms with E-state index in [0.29, 0.717) is 17.1 Å². The van der Waals surface area contributed by atoms with E-state index in [1.807, 2.05) is 0 Å². The van der Waals surface area contributed by atoms with E-state index in [-0.39, 0.29) is 23.9 Å². The third-order valence-electron chi connectivity index (χ3n) is 2.65. The Morgan fingerprint density at radius 2 is 2.30 bits per heavy atom. The van der Waals surface area contributed by atoms with Gasteiger partial charge in [0.15, 0.2) is 0 Å². The lowest BCUT2D eigenvalue weighted by Crippen LogP contribution is -2.05. The number of rotatable bonds is 5. The first kappa shape index (κ1) is 14.4. The first-order chi connectivity index (χ1) is 9.58. The van der Waals surface area contributed by atoms with E-state index in [4.69, 9.17) is 16.3 Å². The highest BCUT2D eigenvalue weighted by Crippen LogP contribution is 2.27. The maximum atomic E-state index is 10.9. The monoisotopic (exact) mass is 298 g/mol. The number of halogens is 1. The van der Waals surface area contributed by atoms with Crippen molar-refractivity contribution in [2.24, 2.45) is 0 Å². The lowest BCUT2D eigenvalue weighted by molar-refractivity contribution is -0.384. The van der Waals surface area contributed by atoms with Gasteiger partial charge in [-0.25, -0.2) is 4.68 Å². The second-order valence-electron chi connectivity index (χ2n) is 3.88. The van der Waals surface area contributed by atoms with Gasteiger partial charge in [0.1, 0.15) is 10.7 Å². The van der Waals surface area contributed by atoms with Gasteiger partial charge >= 0.3 is 0 Å². The van der Waals surface area contributed by atoms with Crippen LogP contribution in [0.25, 0.3) is 5.69 Å². The highest BCUT2D eigenvalue weighted by molar-refractivity contribution is 6.32. The minimum absolute atomic E-state index is 0.0366. The Hall–Kier alpha value is -2.03. The molecule has 0 amide bonds. The topological polar surface area (TPSA) is 103 Å². The van der Waals surface area contributed by atoms with Crippen molar-refractivity contribution in [1.29, 1.82) is 0 Å². The van der Waals surface area contributed by atoms with E-state index in [1.165, 1.54) is 23.9 Å². The quantitative estimate of drug-likeness (QED) is 0.662. The second-order valence-corrected chi connectivity index (χ2v) is 4.29. The molecule has 0 unspecified atom stereocenters. The van der Waals surface area contributed by atoms with Crippen molar-refractivity contribution in [2.75, 3.05) is 7.11 Å². The summed E-state index contributed by atoms with van der Waals surface area (Å²) in [4.78, 5) is 10.3. The largest absolute Gasteiger partial charge is 0.390 e. The highest BCUT2D eigenvalue weighted by Gasteiger charge is 2.18. The molecule has 0 saturated carbocycles. The van der Waals surface area contributed by atoms with Crippen molar-refractivity contribution in [1.82, 2.24) is 15.0 Å². The molecule has 0 spiro atoms. The van der Waals surface area contributed by atoms with E-state index in [1.54, 1.807) is 6.07 Å². The van der Waals surface area contributed by atoms with Crippen molar-refractivity contribution in [3.8, 4) is 5.69 Å². The summed E-state index contributed by atoms with van der Waals surface area (Å²) in [6.07, 6.45) is 0. The fourth-order valence-corrected chi connectivity index (χ4v) is 1.90. The molecule has 1 aromatic heterocycles. The standard InChI is InChI=1S/C11H11ClN4O4/c1-20-6-11-9(5-17)13-14-15(11)7-2-3-8(12)10(4-7)16(18)19/h2-4,17H,5-6H2,1H3. The summed E-state index contributed by atoms with van der Waals surface area (Å²) in [5, 5.41) is 27.8. The predicted molar refractivity (Wildman–Crippen MR) is 69.7 cm³/mol. The number of hydrogen-bond acceptors (Lipinski definition) is 6. The molecule has 0 aliphatic carbocycles. The van der Waals surface area contributed by atoms with Crippen molar-refractivity contribution in [3.63, 3.8) is 0 Å². The third-order valence-corrected chi connectivity index (χ3v) is 2.97. The summed E-state index contributed by atoms with van der Waals surface area (Å²) in [5.74, 6) is 0. The van der Waals surface area contributed by atoms with Crippen molar-refractivity contribution in [3.05, 3.63) is 44.7 Å². The predicted octanol–water partition coefficient (Wildman–Crippen LogP) is 1.47. The van der Waals surface area contributed by atoms with Crippen molar-refractivity contribution in [2.45, 2.75) is 13.2 Å². The second kappa shape index (κ2) is 5.95. The number of aromatic nitrogens is 3. The zero-order chi connectivity index (χ0) is 14.7. The van der Waals surface area contributed by atoms with Crippen LogP contribution >= 0.6 is 11.6 Å². The zero-order valence-electron chi connectivity index (χ0n) is 10.5. The van der Waals surface area contributed by atoms with Crippen molar-refractivity contribution < 1.29 is 14.8 Å². The molecule has 20 heavy (non-hydrogen) atoms.